The third-order valence-electron chi connectivity index (χ3n) is 4.46. The first-order chi connectivity index (χ1) is 12.1. The van der Waals surface area contributed by atoms with Crippen molar-refractivity contribution < 1.29 is 4.39 Å². The van der Waals surface area contributed by atoms with Gasteiger partial charge < -0.3 is 5.73 Å². The van der Waals surface area contributed by atoms with Crippen LogP contribution in [0.3, 0.4) is 0 Å². The van der Waals surface area contributed by atoms with Crippen LogP contribution in [0.5, 0.6) is 0 Å². The van der Waals surface area contributed by atoms with E-state index >= 15 is 0 Å². The molecule has 6 nitrogen and oxygen atoms in total. The Kier molecular flexibility index (Phi) is 3.64. The Balaban J connectivity index is 2.26. The zero-order valence-electron chi connectivity index (χ0n) is 13.8. The number of allylic oxidation sites excluding steroid dienone is 1. The number of pyridine rings is 1. The summed E-state index contributed by atoms with van der Waals surface area (Å²) in [6.07, 6.45) is 4.52. The predicted octanol–water partition coefficient (Wildman–Crippen LogP) is 2.13. The number of imidazole rings is 1. The van der Waals surface area contributed by atoms with Crippen molar-refractivity contribution in [3.05, 3.63) is 40.3 Å². The molecule has 0 fully saturated rings. The highest BCUT2D eigenvalue weighted by Crippen LogP contribution is 2.40. The van der Waals surface area contributed by atoms with Crippen molar-refractivity contribution in [2.45, 2.75) is 11.4 Å². The molecule has 0 radical (unpaired) electrons. The van der Waals surface area contributed by atoms with Gasteiger partial charge in [0.2, 0.25) is 0 Å². The summed E-state index contributed by atoms with van der Waals surface area (Å²) in [4.78, 5) is 21.7. The molecular weight excluding hydrogens is 341 g/mol. The second-order valence-corrected chi connectivity index (χ2v) is 6.90. The summed E-state index contributed by atoms with van der Waals surface area (Å²) in [5.74, 6) is 0.255. The van der Waals surface area contributed by atoms with Crippen LogP contribution in [0.15, 0.2) is 33.1 Å². The highest BCUT2D eigenvalue weighted by molar-refractivity contribution is 7.99. The quantitative estimate of drug-likeness (QED) is 0.713. The average Bonchev–Trinajstić information content (AvgIpc) is 2.75. The average molecular weight is 357 g/mol. The van der Waals surface area contributed by atoms with E-state index in [4.69, 9.17) is 5.73 Å². The van der Waals surface area contributed by atoms with Crippen molar-refractivity contribution in [1.29, 1.82) is 0 Å². The van der Waals surface area contributed by atoms with Gasteiger partial charge in [-0.3, -0.25) is 19.1 Å². The molecule has 1 aliphatic rings. The standard InChI is InChI=1S/C17H16FN5OS/c1-20-7-9(6-19)13-10(18)5-11-14-15-12(8-21-11)22(2)17(24)23(15)3-4-25-16(13)14/h5-8H,3-4,19H2,1-2H3. The number of thioether (sulfide) groups is 1. The van der Waals surface area contributed by atoms with E-state index in [0.29, 0.717) is 29.0 Å². The number of rotatable bonds is 2. The number of aliphatic imine (C=N–C) groups is 1. The number of benzene rings is 1. The van der Waals surface area contributed by atoms with Crippen LogP contribution >= 0.6 is 11.8 Å². The van der Waals surface area contributed by atoms with Gasteiger partial charge in [-0.05, 0) is 0 Å². The maximum Gasteiger partial charge on any atom is 0.328 e. The summed E-state index contributed by atoms with van der Waals surface area (Å²) in [6.45, 7) is 0.555. The number of nitrogens with zero attached hydrogens (tertiary/aromatic N) is 4. The predicted molar refractivity (Wildman–Crippen MR) is 99.7 cm³/mol. The molecule has 0 amide bonds. The third kappa shape index (κ3) is 2.13. The van der Waals surface area contributed by atoms with Gasteiger partial charge in [0, 0.05) is 66.3 Å². The van der Waals surface area contributed by atoms with Crippen molar-refractivity contribution in [3.8, 4) is 0 Å². The van der Waals surface area contributed by atoms with Crippen molar-refractivity contribution in [2.75, 3.05) is 12.8 Å². The molecule has 3 aromatic rings. The lowest BCUT2D eigenvalue weighted by molar-refractivity contribution is 0.622. The number of halogens is 1. The van der Waals surface area contributed by atoms with Crippen LogP contribution in [0.1, 0.15) is 5.56 Å². The molecule has 4 rings (SSSR count). The highest BCUT2D eigenvalue weighted by Gasteiger charge is 2.25. The summed E-state index contributed by atoms with van der Waals surface area (Å²) in [6, 6.07) is 1.40. The SMILES string of the molecule is CN=CC(=CN)c1c(F)cc2ncc3c4c2c1SCCn4c(=O)n3C. The molecule has 1 aliphatic heterocycles. The molecule has 3 heterocycles. The van der Waals surface area contributed by atoms with Gasteiger partial charge in [-0.2, -0.15) is 0 Å². The maximum atomic E-state index is 14.9. The lowest BCUT2D eigenvalue weighted by Crippen LogP contribution is -2.22. The van der Waals surface area contributed by atoms with E-state index in [2.05, 4.69) is 9.98 Å². The molecule has 0 spiro atoms. The van der Waals surface area contributed by atoms with E-state index in [0.717, 1.165) is 21.3 Å². The topological polar surface area (TPSA) is 78.2 Å². The summed E-state index contributed by atoms with van der Waals surface area (Å²) in [5, 5.41) is 0.790. The monoisotopic (exact) mass is 357 g/mol. The van der Waals surface area contributed by atoms with Crippen LogP contribution in [0.2, 0.25) is 0 Å². The van der Waals surface area contributed by atoms with E-state index in [9.17, 15) is 9.18 Å². The molecule has 0 unspecified atom stereocenters. The van der Waals surface area contributed by atoms with Gasteiger partial charge in [0.15, 0.2) is 0 Å². The number of aryl methyl sites for hydroxylation is 2. The normalized spacial score (nSPS) is 14.9. The van der Waals surface area contributed by atoms with Gasteiger partial charge in [0.1, 0.15) is 5.82 Å². The van der Waals surface area contributed by atoms with Crippen molar-refractivity contribution in [1.82, 2.24) is 14.1 Å². The fraction of sp³-hybridized carbons (Fsp3) is 0.235. The molecule has 0 bridgehead atoms. The largest absolute Gasteiger partial charge is 0.404 e. The Morgan fingerprint density at radius 1 is 1.52 bits per heavy atom. The van der Waals surface area contributed by atoms with E-state index < -0.39 is 5.82 Å². The Morgan fingerprint density at radius 3 is 3.04 bits per heavy atom. The van der Waals surface area contributed by atoms with E-state index in [1.807, 2.05) is 0 Å². The number of nitrogens with two attached hydrogens (primary N) is 1. The van der Waals surface area contributed by atoms with Gasteiger partial charge in [0.05, 0.1) is 22.7 Å². The molecule has 2 aromatic heterocycles. The summed E-state index contributed by atoms with van der Waals surface area (Å²) in [5.41, 5.74) is 8.61. The second-order valence-electron chi connectivity index (χ2n) is 5.80. The van der Waals surface area contributed by atoms with Crippen LogP contribution in [-0.4, -0.2) is 33.1 Å². The van der Waals surface area contributed by atoms with Gasteiger partial charge in [0.25, 0.3) is 0 Å². The van der Waals surface area contributed by atoms with Gasteiger partial charge in [-0.1, -0.05) is 0 Å². The summed E-state index contributed by atoms with van der Waals surface area (Å²) < 4.78 is 18.2. The number of hydrogen-bond donors (Lipinski definition) is 1. The first kappa shape index (κ1) is 15.9. The fourth-order valence-corrected chi connectivity index (χ4v) is 4.54. The molecule has 25 heavy (non-hydrogen) atoms. The molecule has 1 aromatic carbocycles. The zero-order chi connectivity index (χ0) is 17.7. The third-order valence-corrected chi connectivity index (χ3v) is 5.55. The first-order valence-electron chi connectivity index (χ1n) is 7.76. The molecule has 0 saturated heterocycles. The van der Waals surface area contributed by atoms with Gasteiger partial charge >= 0.3 is 5.69 Å². The van der Waals surface area contributed by atoms with Crippen LogP contribution < -0.4 is 11.4 Å². The number of aromatic nitrogens is 3. The Labute approximate surface area is 146 Å². The maximum absolute atomic E-state index is 14.9. The van der Waals surface area contributed by atoms with E-state index in [1.54, 1.807) is 29.4 Å². The Bertz CT molecular complexity index is 1140. The van der Waals surface area contributed by atoms with Crippen molar-refractivity contribution in [3.63, 3.8) is 0 Å². The van der Waals surface area contributed by atoms with E-state index in [-0.39, 0.29) is 5.69 Å². The Hall–Kier alpha value is -2.61. The smallest absolute Gasteiger partial charge is 0.328 e. The highest BCUT2D eigenvalue weighted by atomic mass is 32.2. The second kappa shape index (κ2) is 5.73. The van der Waals surface area contributed by atoms with Crippen molar-refractivity contribution >= 4 is 45.5 Å². The molecular formula is C17H16FN5OS. The van der Waals surface area contributed by atoms with E-state index in [1.165, 1.54) is 30.2 Å². The molecule has 2 N–H and O–H groups in total. The lowest BCUT2D eigenvalue weighted by Gasteiger charge is -2.13. The van der Waals surface area contributed by atoms with Gasteiger partial charge in [-0.15, -0.1) is 11.8 Å². The lowest BCUT2D eigenvalue weighted by atomic mass is 10.0. The molecule has 0 aliphatic carbocycles. The molecule has 128 valence electrons. The minimum Gasteiger partial charge on any atom is -0.404 e. The fourth-order valence-electron chi connectivity index (χ4n) is 3.35. The molecule has 8 heteroatoms. The first-order valence-corrected chi connectivity index (χ1v) is 8.74. The summed E-state index contributed by atoms with van der Waals surface area (Å²) in [7, 11) is 3.34. The van der Waals surface area contributed by atoms with Gasteiger partial charge in [-0.25, -0.2) is 9.18 Å². The van der Waals surface area contributed by atoms with Crippen LogP contribution in [0.25, 0.3) is 27.5 Å². The van der Waals surface area contributed by atoms with Crippen LogP contribution in [0, 0.1) is 5.82 Å². The van der Waals surface area contributed by atoms with Crippen molar-refractivity contribution in [2.24, 2.45) is 17.8 Å². The zero-order valence-corrected chi connectivity index (χ0v) is 14.6. The molecule has 0 saturated carbocycles. The minimum atomic E-state index is -0.398. The minimum absolute atomic E-state index is 0.0895. The van der Waals surface area contributed by atoms with Crippen LogP contribution in [-0.2, 0) is 13.6 Å². The number of hydrogen-bond acceptors (Lipinski definition) is 5. The summed E-state index contributed by atoms with van der Waals surface area (Å²) >= 11 is 1.51. The van der Waals surface area contributed by atoms with Crippen LogP contribution in [0.4, 0.5) is 4.39 Å². The molecule has 0 atom stereocenters. The Morgan fingerprint density at radius 2 is 2.32 bits per heavy atom.